The summed E-state index contributed by atoms with van der Waals surface area (Å²) in [7, 11) is 0. The topological polar surface area (TPSA) is 65.1 Å². The fourth-order valence-electron chi connectivity index (χ4n) is 1.48. The van der Waals surface area contributed by atoms with Gasteiger partial charge in [-0.15, -0.1) is 0 Å². The Bertz CT molecular complexity index is 528. The van der Waals surface area contributed by atoms with E-state index < -0.39 is 6.09 Å². The van der Waals surface area contributed by atoms with Gasteiger partial charge in [-0.1, -0.05) is 18.7 Å². The van der Waals surface area contributed by atoms with E-state index >= 15 is 0 Å². The molecule has 4 nitrogen and oxygen atoms in total. The van der Waals surface area contributed by atoms with E-state index in [-0.39, 0.29) is 0 Å². The summed E-state index contributed by atoms with van der Waals surface area (Å²) >= 11 is 0. The van der Waals surface area contributed by atoms with Crippen LogP contribution in [0.2, 0.25) is 0 Å². The predicted octanol–water partition coefficient (Wildman–Crippen LogP) is 2.90. The number of fused-ring (bicyclic) bond motifs is 1. The molecule has 1 amide bonds. The van der Waals surface area contributed by atoms with Gasteiger partial charge in [0.05, 0.1) is 5.69 Å². The van der Waals surface area contributed by atoms with E-state index in [1.807, 2.05) is 18.2 Å². The van der Waals surface area contributed by atoms with Crippen molar-refractivity contribution in [3.8, 4) is 0 Å². The Balaban J connectivity index is 2.55. The van der Waals surface area contributed by atoms with Crippen LogP contribution in [0.4, 0.5) is 10.5 Å². The first-order valence-corrected chi connectivity index (χ1v) is 4.44. The normalized spacial score (nSPS) is 10.1. The maximum Gasteiger partial charge on any atom is 0.409 e. The number of aromatic amines is 1. The average Bonchev–Trinajstić information content (AvgIpc) is 2.60. The summed E-state index contributed by atoms with van der Waals surface area (Å²) in [5.74, 6) is 0. The minimum Gasteiger partial charge on any atom is -0.465 e. The summed E-state index contributed by atoms with van der Waals surface area (Å²) in [6, 6.07) is 5.68. The molecular formula is C11H10N2O2. The summed E-state index contributed by atoms with van der Waals surface area (Å²) in [5.41, 5.74) is 2.40. The Kier molecular flexibility index (Phi) is 2.17. The van der Waals surface area contributed by atoms with E-state index in [0.29, 0.717) is 5.69 Å². The first-order chi connectivity index (χ1) is 7.20. The highest BCUT2D eigenvalue weighted by atomic mass is 16.4. The van der Waals surface area contributed by atoms with Crippen LogP contribution in [-0.2, 0) is 0 Å². The Hall–Kier alpha value is -2.23. The monoisotopic (exact) mass is 202 g/mol. The summed E-state index contributed by atoms with van der Waals surface area (Å²) in [6.45, 7) is 3.67. The number of benzene rings is 1. The van der Waals surface area contributed by atoms with E-state index in [1.54, 1.807) is 12.3 Å². The number of carboxylic acid groups (broad SMARTS) is 1. The Labute approximate surface area is 86.2 Å². The SMILES string of the molecule is C=Cc1ccc2[nH]cc(NC(=O)O)c2c1. The van der Waals surface area contributed by atoms with Gasteiger partial charge in [-0.3, -0.25) is 5.32 Å². The van der Waals surface area contributed by atoms with Gasteiger partial charge in [0.15, 0.2) is 0 Å². The van der Waals surface area contributed by atoms with Crippen LogP contribution in [0.15, 0.2) is 31.0 Å². The van der Waals surface area contributed by atoms with Crippen molar-refractivity contribution in [2.45, 2.75) is 0 Å². The summed E-state index contributed by atoms with van der Waals surface area (Å²) < 4.78 is 0. The molecule has 0 unspecified atom stereocenters. The standard InChI is InChI=1S/C11H10N2O2/c1-2-7-3-4-9-8(5-7)10(6-12-9)13-11(14)15/h2-6,12-13H,1H2,(H,14,15). The third-order valence-electron chi connectivity index (χ3n) is 2.18. The Morgan fingerprint density at radius 2 is 2.33 bits per heavy atom. The zero-order chi connectivity index (χ0) is 10.8. The fourth-order valence-corrected chi connectivity index (χ4v) is 1.48. The lowest BCUT2D eigenvalue weighted by molar-refractivity contribution is 0.210. The molecule has 1 aromatic carbocycles. The van der Waals surface area contributed by atoms with Gasteiger partial charge in [0, 0.05) is 17.1 Å². The minimum absolute atomic E-state index is 0.557. The molecule has 0 spiro atoms. The van der Waals surface area contributed by atoms with Gasteiger partial charge in [-0.05, 0) is 17.7 Å². The van der Waals surface area contributed by atoms with Crippen LogP contribution in [0.1, 0.15) is 5.56 Å². The number of aromatic nitrogens is 1. The van der Waals surface area contributed by atoms with Gasteiger partial charge in [-0.25, -0.2) is 4.79 Å². The van der Waals surface area contributed by atoms with Crippen molar-refractivity contribution in [3.05, 3.63) is 36.5 Å². The second-order valence-corrected chi connectivity index (χ2v) is 3.14. The first-order valence-electron chi connectivity index (χ1n) is 4.44. The molecule has 0 fully saturated rings. The zero-order valence-electron chi connectivity index (χ0n) is 7.95. The fraction of sp³-hybridized carbons (Fsp3) is 0. The number of hydrogen-bond acceptors (Lipinski definition) is 1. The number of amides is 1. The van der Waals surface area contributed by atoms with Gasteiger partial charge in [0.1, 0.15) is 0 Å². The van der Waals surface area contributed by atoms with Crippen LogP contribution in [0.25, 0.3) is 17.0 Å². The van der Waals surface area contributed by atoms with Crippen molar-refractivity contribution in [1.82, 2.24) is 4.98 Å². The summed E-state index contributed by atoms with van der Waals surface area (Å²) in [6.07, 6.45) is 2.28. The third-order valence-corrected chi connectivity index (χ3v) is 2.18. The molecule has 1 heterocycles. The Morgan fingerprint density at radius 3 is 3.00 bits per heavy atom. The minimum atomic E-state index is -1.07. The van der Waals surface area contributed by atoms with Crippen molar-refractivity contribution in [2.24, 2.45) is 0 Å². The van der Waals surface area contributed by atoms with Crippen LogP contribution in [0.5, 0.6) is 0 Å². The zero-order valence-corrected chi connectivity index (χ0v) is 7.95. The molecule has 76 valence electrons. The second kappa shape index (κ2) is 3.49. The van der Waals surface area contributed by atoms with Crippen LogP contribution < -0.4 is 5.32 Å². The maximum atomic E-state index is 10.5. The molecule has 0 radical (unpaired) electrons. The van der Waals surface area contributed by atoms with Crippen molar-refractivity contribution >= 4 is 28.8 Å². The molecule has 0 aliphatic heterocycles. The highest BCUT2D eigenvalue weighted by Crippen LogP contribution is 2.24. The van der Waals surface area contributed by atoms with Crippen LogP contribution >= 0.6 is 0 Å². The maximum absolute atomic E-state index is 10.5. The van der Waals surface area contributed by atoms with Gasteiger partial charge < -0.3 is 10.1 Å². The number of H-pyrrole nitrogens is 1. The molecule has 0 atom stereocenters. The molecule has 0 saturated carbocycles. The number of hydrogen-bond donors (Lipinski definition) is 3. The summed E-state index contributed by atoms with van der Waals surface area (Å²) in [4.78, 5) is 13.5. The van der Waals surface area contributed by atoms with Crippen LogP contribution in [0.3, 0.4) is 0 Å². The van der Waals surface area contributed by atoms with Crippen molar-refractivity contribution < 1.29 is 9.90 Å². The van der Waals surface area contributed by atoms with Gasteiger partial charge in [-0.2, -0.15) is 0 Å². The van der Waals surface area contributed by atoms with Crippen LogP contribution in [-0.4, -0.2) is 16.2 Å². The van der Waals surface area contributed by atoms with Crippen LogP contribution in [0, 0.1) is 0 Å². The molecule has 2 rings (SSSR count). The molecule has 0 bridgehead atoms. The lowest BCUT2D eigenvalue weighted by Crippen LogP contribution is -2.06. The molecule has 0 aliphatic rings. The lowest BCUT2D eigenvalue weighted by atomic mass is 10.1. The molecule has 0 aliphatic carbocycles. The number of rotatable bonds is 2. The molecule has 3 N–H and O–H groups in total. The van der Waals surface area contributed by atoms with Gasteiger partial charge in [0.2, 0.25) is 0 Å². The first kappa shape index (κ1) is 9.33. The van der Waals surface area contributed by atoms with Gasteiger partial charge in [0.25, 0.3) is 0 Å². The van der Waals surface area contributed by atoms with E-state index in [4.69, 9.17) is 5.11 Å². The predicted molar refractivity (Wildman–Crippen MR) is 60.0 cm³/mol. The Morgan fingerprint density at radius 1 is 1.53 bits per heavy atom. The highest BCUT2D eigenvalue weighted by molar-refractivity contribution is 5.99. The number of nitrogens with one attached hydrogen (secondary N) is 2. The second-order valence-electron chi connectivity index (χ2n) is 3.14. The number of anilines is 1. The molecule has 4 heteroatoms. The van der Waals surface area contributed by atoms with Crippen molar-refractivity contribution in [1.29, 1.82) is 0 Å². The van der Waals surface area contributed by atoms with E-state index in [1.165, 1.54) is 0 Å². The molecular weight excluding hydrogens is 192 g/mol. The molecule has 15 heavy (non-hydrogen) atoms. The highest BCUT2D eigenvalue weighted by Gasteiger charge is 2.05. The van der Waals surface area contributed by atoms with Crippen molar-refractivity contribution in [3.63, 3.8) is 0 Å². The molecule has 1 aromatic heterocycles. The molecule has 2 aromatic rings. The smallest absolute Gasteiger partial charge is 0.409 e. The lowest BCUT2D eigenvalue weighted by Gasteiger charge is -1.98. The average molecular weight is 202 g/mol. The molecule has 0 saturated heterocycles. The van der Waals surface area contributed by atoms with E-state index in [2.05, 4.69) is 16.9 Å². The number of carbonyl (C=O) groups is 1. The third kappa shape index (κ3) is 1.69. The van der Waals surface area contributed by atoms with Crippen molar-refractivity contribution in [2.75, 3.05) is 5.32 Å². The largest absolute Gasteiger partial charge is 0.465 e. The van der Waals surface area contributed by atoms with E-state index in [9.17, 15) is 4.79 Å². The summed E-state index contributed by atoms with van der Waals surface area (Å²) in [5, 5.41) is 11.8. The van der Waals surface area contributed by atoms with E-state index in [0.717, 1.165) is 16.5 Å². The van der Waals surface area contributed by atoms with Gasteiger partial charge >= 0.3 is 6.09 Å². The quantitative estimate of drug-likeness (QED) is 0.701.